The number of anilines is 1. The maximum atomic E-state index is 14.2. The fourth-order valence-electron chi connectivity index (χ4n) is 7.83. The number of benzene rings is 1. The van der Waals surface area contributed by atoms with E-state index in [9.17, 15) is 14.4 Å². The molecule has 4 fully saturated rings. The highest BCUT2D eigenvalue weighted by molar-refractivity contribution is 9.10. The van der Waals surface area contributed by atoms with Crippen LogP contribution in [0.1, 0.15) is 41.6 Å². The van der Waals surface area contributed by atoms with Gasteiger partial charge >= 0.3 is 0 Å². The number of hydrogen-bond donors (Lipinski definition) is 1. The van der Waals surface area contributed by atoms with Crippen LogP contribution in [-0.4, -0.2) is 87.6 Å². The van der Waals surface area contributed by atoms with Crippen LogP contribution in [0.4, 0.5) is 5.69 Å². The molecule has 3 saturated heterocycles. The molecule has 6 heterocycles. The number of amides is 3. The van der Waals surface area contributed by atoms with Crippen molar-refractivity contribution in [2.24, 2.45) is 5.41 Å². The van der Waals surface area contributed by atoms with Gasteiger partial charge in [0.15, 0.2) is 5.65 Å². The van der Waals surface area contributed by atoms with Gasteiger partial charge in [0.25, 0.3) is 5.91 Å². The zero-order chi connectivity index (χ0) is 26.5. The number of pyridine rings is 1. The van der Waals surface area contributed by atoms with E-state index < -0.39 is 5.41 Å². The third-order valence-electron chi connectivity index (χ3n) is 9.97. The lowest BCUT2D eigenvalue weighted by Gasteiger charge is -2.67. The maximum Gasteiger partial charge on any atom is 0.255 e. The highest BCUT2D eigenvalue weighted by atomic mass is 79.9. The van der Waals surface area contributed by atoms with Gasteiger partial charge in [-0.05, 0) is 43.9 Å². The van der Waals surface area contributed by atoms with E-state index in [0.717, 1.165) is 40.6 Å². The first-order chi connectivity index (χ1) is 18.9. The molecule has 10 nitrogen and oxygen atoms in total. The Kier molecular flexibility index (Phi) is 4.90. The number of likely N-dealkylation sites (tertiary alicyclic amines) is 2. The number of aromatic nitrogens is 3. The van der Waals surface area contributed by atoms with Crippen LogP contribution in [0.2, 0.25) is 0 Å². The lowest BCUT2D eigenvalue weighted by Crippen LogP contribution is -2.78. The Morgan fingerprint density at radius 1 is 1.15 bits per heavy atom. The second kappa shape index (κ2) is 8.11. The minimum Gasteiger partial charge on any atom is -0.379 e. The van der Waals surface area contributed by atoms with Crippen LogP contribution in [0.5, 0.6) is 0 Å². The predicted molar refractivity (Wildman–Crippen MR) is 144 cm³/mol. The molecule has 1 N–H and O–H groups in total. The van der Waals surface area contributed by atoms with E-state index in [0.29, 0.717) is 43.7 Å². The van der Waals surface area contributed by atoms with Gasteiger partial charge in [0, 0.05) is 51.9 Å². The van der Waals surface area contributed by atoms with Gasteiger partial charge in [-0.25, -0.2) is 4.98 Å². The molecule has 2 spiro atoms. The smallest absolute Gasteiger partial charge is 0.255 e. The van der Waals surface area contributed by atoms with Crippen molar-refractivity contribution in [1.82, 2.24) is 25.0 Å². The van der Waals surface area contributed by atoms with Gasteiger partial charge in [-0.1, -0.05) is 22.0 Å². The number of carbonyl (C=O) groups is 3. The number of ether oxygens (including phenoxy) is 1. The summed E-state index contributed by atoms with van der Waals surface area (Å²) in [6, 6.07) is 7.98. The molecule has 5 aliphatic rings. The number of hydrogen-bond acceptors (Lipinski definition) is 6. The number of piperidine rings is 2. The minimum absolute atomic E-state index is 0.00287. The number of rotatable bonds is 3. The highest BCUT2D eigenvalue weighted by Gasteiger charge is 2.70. The maximum absolute atomic E-state index is 14.2. The zero-order valence-corrected chi connectivity index (χ0v) is 22.8. The van der Waals surface area contributed by atoms with E-state index in [1.807, 2.05) is 23.1 Å². The molecule has 0 radical (unpaired) electrons. The lowest BCUT2D eigenvalue weighted by molar-refractivity contribution is -0.191. The first kappa shape index (κ1) is 23.6. The molecule has 3 amide bonds. The Labute approximate surface area is 232 Å². The summed E-state index contributed by atoms with van der Waals surface area (Å²) in [6.45, 7) is 2.25. The Balaban J connectivity index is 1.04. The molecule has 3 unspecified atom stereocenters. The number of halogens is 1. The molecular formula is C28H27BrN6O4. The van der Waals surface area contributed by atoms with Gasteiger partial charge in [0.2, 0.25) is 11.8 Å². The normalized spacial score (nSPS) is 28.2. The molecule has 39 heavy (non-hydrogen) atoms. The van der Waals surface area contributed by atoms with E-state index in [1.54, 1.807) is 28.3 Å². The van der Waals surface area contributed by atoms with E-state index >= 15 is 0 Å². The van der Waals surface area contributed by atoms with Gasteiger partial charge in [-0.15, -0.1) is 0 Å². The van der Waals surface area contributed by atoms with Crippen molar-refractivity contribution in [3.05, 3.63) is 52.3 Å². The Bertz CT molecular complexity index is 1560. The summed E-state index contributed by atoms with van der Waals surface area (Å²) < 4.78 is 6.61. The second-order valence-electron chi connectivity index (χ2n) is 11.6. The number of H-pyrrole nitrogens is 1. The summed E-state index contributed by atoms with van der Waals surface area (Å²) in [7, 11) is 0. The molecule has 11 heteroatoms. The van der Waals surface area contributed by atoms with Gasteiger partial charge in [-0.3, -0.25) is 19.5 Å². The monoisotopic (exact) mass is 590 g/mol. The first-order valence-corrected chi connectivity index (χ1v) is 14.3. The number of nitrogens with zero attached hydrogens (tertiary/aromatic N) is 5. The molecule has 1 saturated carbocycles. The van der Waals surface area contributed by atoms with Crippen molar-refractivity contribution in [1.29, 1.82) is 0 Å². The number of fused-ring (bicyclic) bond motifs is 3. The molecule has 8 rings (SSSR count). The highest BCUT2D eigenvalue weighted by Crippen LogP contribution is 2.60. The van der Waals surface area contributed by atoms with E-state index in [-0.39, 0.29) is 41.8 Å². The van der Waals surface area contributed by atoms with Crippen molar-refractivity contribution in [3.8, 4) is 0 Å². The van der Waals surface area contributed by atoms with Crippen LogP contribution in [-0.2, 0) is 19.7 Å². The van der Waals surface area contributed by atoms with Crippen molar-refractivity contribution in [3.63, 3.8) is 0 Å². The molecule has 0 bridgehead atoms. The van der Waals surface area contributed by atoms with E-state index in [2.05, 4.69) is 31.1 Å². The summed E-state index contributed by atoms with van der Waals surface area (Å²) in [6.07, 6.45) is 6.33. The second-order valence-corrected chi connectivity index (χ2v) is 12.4. The summed E-state index contributed by atoms with van der Waals surface area (Å²) in [5.74, 6) is -0.155. The molecule has 1 aromatic carbocycles. The third kappa shape index (κ3) is 3.03. The standard InChI is InChI=1S/C28H27BrN6O4/c29-18-2-1-3-19-23(18)27(6-8-33(9-7-27)25(37)17-10-16-12-31-32-24(16)30-11-17)26(38)34(19)13-22(36)35-20-4-5-28(20)15-39-14-21(28)35/h1-3,10-12,20-21H,4-9,13-15H2,(H,30,31,32). The van der Waals surface area contributed by atoms with Gasteiger partial charge < -0.3 is 19.4 Å². The van der Waals surface area contributed by atoms with Gasteiger partial charge in [-0.2, -0.15) is 5.10 Å². The van der Waals surface area contributed by atoms with Gasteiger partial charge in [0.05, 0.1) is 36.4 Å². The first-order valence-electron chi connectivity index (χ1n) is 13.5. The summed E-state index contributed by atoms with van der Waals surface area (Å²) >= 11 is 3.71. The SMILES string of the molecule is O=C(c1cnc2[nH]ncc2c1)N1CCC2(CC1)C(=O)N(CC(=O)N1C3CCC34COCC14)c1cccc(Br)c12. The average molecular weight is 591 g/mol. The van der Waals surface area contributed by atoms with Crippen molar-refractivity contribution in [2.75, 3.05) is 37.7 Å². The molecule has 4 aliphatic heterocycles. The van der Waals surface area contributed by atoms with E-state index in [1.165, 1.54) is 0 Å². The quantitative estimate of drug-likeness (QED) is 0.502. The zero-order valence-electron chi connectivity index (χ0n) is 21.2. The molecule has 2 aromatic heterocycles. The molecule has 200 valence electrons. The number of nitrogens with one attached hydrogen (secondary N) is 1. The third-order valence-corrected chi connectivity index (χ3v) is 10.6. The van der Waals surface area contributed by atoms with Crippen LogP contribution in [0.3, 0.4) is 0 Å². The topological polar surface area (TPSA) is 112 Å². The van der Waals surface area contributed by atoms with Crippen LogP contribution in [0.25, 0.3) is 11.0 Å². The Morgan fingerprint density at radius 2 is 2.00 bits per heavy atom. The fourth-order valence-corrected chi connectivity index (χ4v) is 8.57. The van der Waals surface area contributed by atoms with Crippen LogP contribution in [0.15, 0.2) is 41.1 Å². The summed E-state index contributed by atoms with van der Waals surface area (Å²) in [5, 5.41) is 7.57. The van der Waals surface area contributed by atoms with Gasteiger partial charge in [0.1, 0.15) is 6.54 Å². The van der Waals surface area contributed by atoms with Crippen LogP contribution < -0.4 is 4.90 Å². The van der Waals surface area contributed by atoms with Crippen molar-refractivity contribution < 1.29 is 19.1 Å². The summed E-state index contributed by atoms with van der Waals surface area (Å²) in [5.41, 5.74) is 2.25. The van der Waals surface area contributed by atoms with Crippen molar-refractivity contribution in [2.45, 2.75) is 43.2 Å². The largest absolute Gasteiger partial charge is 0.379 e. The van der Waals surface area contributed by atoms with Crippen molar-refractivity contribution >= 4 is 50.4 Å². The average Bonchev–Trinajstić information content (AvgIpc) is 3.64. The number of carbonyl (C=O) groups excluding carboxylic acids is 3. The molecule has 1 aliphatic carbocycles. The minimum atomic E-state index is -0.773. The molecular weight excluding hydrogens is 564 g/mol. The predicted octanol–water partition coefficient (Wildman–Crippen LogP) is 2.63. The van der Waals surface area contributed by atoms with Crippen LogP contribution in [0, 0.1) is 5.41 Å². The Hall–Kier alpha value is -3.31. The van der Waals surface area contributed by atoms with E-state index in [4.69, 9.17) is 4.74 Å². The molecule has 3 atom stereocenters. The van der Waals surface area contributed by atoms with Crippen LogP contribution >= 0.6 is 15.9 Å². The molecule has 3 aromatic rings. The Morgan fingerprint density at radius 3 is 2.79 bits per heavy atom. The fraction of sp³-hybridized carbons (Fsp3) is 0.464. The lowest BCUT2D eigenvalue weighted by atomic mass is 9.53. The summed E-state index contributed by atoms with van der Waals surface area (Å²) in [4.78, 5) is 50.9. The number of aromatic amines is 1.